The van der Waals surface area contributed by atoms with Crippen LogP contribution in [-0.4, -0.2) is 29.6 Å². The van der Waals surface area contributed by atoms with Crippen LogP contribution in [0.2, 0.25) is 0 Å². The second-order valence-electron chi connectivity index (χ2n) is 14.3. The van der Waals surface area contributed by atoms with Crippen LogP contribution in [0.15, 0.2) is 24.3 Å². The van der Waals surface area contributed by atoms with E-state index in [-0.39, 0.29) is 11.5 Å². The van der Waals surface area contributed by atoms with E-state index in [1.165, 1.54) is 37.7 Å². The number of aliphatic hydroxyl groups excluding tert-OH is 1. The Morgan fingerprint density at radius 2 is 1.88 bits per heavy atom. The second-order valence-corrected chi connectivity index (χ2v) is 14.3. The molecule has 1 aromatic carbocycles. The minimum Gasteiger partial charge on any atom is -0.494 e. The van der Waals surface area contributed by atoms with Crippen LogP contribution in [-0.2, 0) is 4.79 Å². The number of carbonyl (C=O) groups excluding carboxylic acids is 1. The maximum atomic E-state index is 12.3. The third-order valence-electron chi connectivity index (χ3n) is 12.5. The number of fused-ring (bicyclic) bond motifs is 5. The number of Topliss-reactive ketones (excluding diaryl/α,β-unsaturated/α-hetero) is 1. The van der Waals surface area contributed by atoms with Crippen molar-refractivity contribution in [2.75, 3.05) is 6.61 Å². The zero-order valence-electron chi connectivity index (χ0n) is 25.9. The number of unbranched alkanes of at least 4 members (excludes halogenated alkanes) is 1. The Bertz CT molecular complexity index is 990. The molecular weight excluding hydrogens is 494 g/mol. The number of hydrogen-bond acceptors (Lipinski definition) is 4. The molecule has 4 nitrogen and oxygen atoms in total. The van der Waals surface area contributed by atoms with Crippen molar-refractivity contribution in [3.8, 4) is 5.75 Å². The van der Waals surface area contributed by atoms with Crippen molar-refractivity contribution in [3.05, 3.63) is 29.8 Å². The Balaban J connectivity index is 1.25. The SMILES string of the molecule is CCCCC(NC(CC)CC)c1cccc(OCC[C@]23CCC4C(CCC5CC(=O)CC[C@@]54C)C2CCC3O)c1. The number of ether oxygens (including phenoxy) is 1. The van der Waals surface area contributed by atoms with Gasteiger partial charge in [-0.15, -0.1) is 0 Å². The average Bonchev–Trinajstić information content (AvgIpc) is 3.30. The number of carbonyl (C=O) groups is 1. The predicted molar refractivity (Wildman–Crippen MR) is 163 cm³/mol. The van der Waals surface area contributed by atoms with Gasteiger partial charge in [0.15, 0.2) is 0 Å². The van der Waals surface area contributed by atoms with Gasteiger partial charge in [-0.2, -0.15) is 0 Å². The number of ketones is 1. The van der Waals surface area contributed by atoms with Gasteiger partial charge in [0, 0.05) is 30.3 Å². The van der Waals surface area contributed by atoms with Crippen LogP contribution in [0.1, 0.15) is 136 Å². The summed E-state index contributed by atoms with van der Waals surface area (Å²) in [5.74, 6) is 4.09. The van der Waals surface area contributed by atoms with E-state index in [1.54, 1.807) is 0 Å². The van der Waals surface area contributed by atoms with Crippen molar-refractivity contribution in [1.29, 1.82) is 0 Å². The molecule has 224 valence electrons. The molecule has 0 aliphatic heterocycles. The molecule has 40 heavy (non-hydrogen) atoms. The van der Waals surface area contributed by atoms with Gasteiger partial charge in [0.25, 0.3) is 0 Å². The summed E-state index contributed by atoms with van der Waals surface area (Å²) in [4.78, 5) is 12.3. The van der Waals surface area contributed by atoms with Crippen molar-refractivity contribution >= 4 is 5.78 Å². The molecule has 0 bridgehead atoms. The number of hydrogen-bond donors (Lipinski definition) is 2. The molecule has 5 rings (SSSR count). The Morgan fingerprint density at radius 3 is 2.65 bits per heavy atom. The van der Waals surface area contributed by atoms with Crippen LogP contribution >= 0.6 is 0 Å². The monoisotopic (exact) mass is 551 g/mol. The average molecular weight is 552 g/mol. The highest BCUT2D eigenvalue weighted by Gasteiger charge is 2.61. The molecule has 1 aromatic rings. The third kappa shape index (κ3) is 5.78. The third-order valence-corrected chi connectivity index (χ3v) is 12.5. The summed E-state index contributed by atoms with van der Waals surface area (Å²) in [6.45, 7) is 10.0. The zero-order valence-corrected chi connectivity index (χ0v) is 25.9. The van der Waals surface area contributed by atoms with Gasteiger partial charge < -0.3 is 15.2 Å². The topological polar surface area (TPSA) is 58.6 Å². The fraction of sp³-hybridized carbons (Fsp3) is 0.806. The van der Waals surface area contributed by atoms with E-state index in [0.717, 1.165) is 75.9 Å². The van der Waals surface area contributed by atoms with Crippen LogP contribution in [0, 0.1) is 34.5 Å². The van der Waals surface area contributed by atoms with Crippen LogP contribution < -0.4 is 10.1 Å². The molecule has 0 radical (unpaired) electrons. The molecule has 0 amide bonds. The van der Waals surface area contributed by atoms with E-state index in [9.17, 15) is 9.90 Å². The van der Waals surface area contributed by atoms with E-state index in [2.05, 4.69) is 57.3 Å². The van der Waals surface area contributed by atoms with Gasteiger partial charge in [0.05, 0.1) is 12.7 Å². The van der Waals surface area contributed by atoms with Crippen LogP contribution in [0.3, 0.4) is 0 Å². The van der Waals surface area contributed by atoms with Gasteiger partial charge in [0.2, 0.25) is 0 Å². The Hall–Kier alpha value is -1.39. The standard InChI is InChI=1S/C36H57NO3/c1-5-8-12-33(37-27(6-2)7-3)25-10-9-11-29(23-25)40-22-21-36-20-18-31-30(32(36)15-16-34(36)39)14-13-26-24-28(38)17-19-35(26,31)4/h9-11,23,26-27,30-34,37,39H,5-8,12-22,24H2,1-4H3/t26?,30?,31?,32?,33?,34?,35-,36+/m0/s1. The fourth-order valence-corrected chi connectivity index (χ4v) is 10.0. The summed E-state index contributed by atoms with van der Waals surface area (Å²) in [7, 11) is 0. The first-order valence-electron chi connectivity index (χ1n) is 17.0. The van der Waals surface area contributed by atoms with Crippen molar-refractivity contribution in [2.24, 2.45) is 34.5 Å². The Labute approximate surface area is 244 Å². The fourth-order valence-electron chi connectivity index (χ4n) is 10.0. The van der Waals surface area contributed by atoms with Crippen molar-refractivity contribution in [2.45, 2.75) is 142 Å². The lowest BCUT2D eigenvalue weighted by Gasteiger charge is -2.60. The quantitative estimate of drug-likeness (QED) is 0.274. The molecule has 4 fully saturated rings. The molecule has 2 N–H and O–H groups in total. The van der Waals surface area contributed by atoms with E-state index in [4.69, 9.17) is 4.74 Å². The first-order chi connectivity index (χ1) is 19.3. The number of benzene rings is 1. The summed E-state index contributed by atoms with van der Waals surface area (Å²) in [6, 6.07) is 9.71. The molecule has 4 aliphatic rings. The molecule has 4 saturated carbocycles. The highest BCUT2D eigenvalue weighted by atomic mass is 16.5. The molecule has 8 atom stereocenters. The highest BCUT2D eigenvalue weighted by Crippen LogP contribution is 2.66. The minimum absolute atomic E-state index is 0.00709. The van der Waals surface area contributed by atoms with Gasteiger partial charge in [-0.25, -0.2) is 0 Å². The predicted octanol–water partition coefficient (Wildman–Crippen LogP) is 8.42. The van der Waals surface area contributed by atoms with Gasteiger partial charge in [-0.3, -0.25) is 4.79 Å². The van der Waals surface area contributed by atoms with Crippen molar-refractivity contribution in [3.63, 3.8) is 0 Å². The number of rotatable bonds is 12. The first-order valence-corrected chi connectivity index (χ1v) is 17.0. The van der Waals surface area contributed by atoms with E-state index in [1.807, 2.05) is 0 Å². The lowest BCUT2D eigenvalue weighted by atomic mass is 9.44. The summed E-state index contributed by atoms with van der Waals surface area (Å²) in [5, 5.41) is 15.3. The van der Waals surface area contributed by atoms with Crippen molar-refractivity contribution in [1.82, 2.24) is 5.32 Å². The smallest absolute Gasteiger partial charge is 0.133 e. The maximum absolute atomic E-state index is 12.3. The summed E-state index contributed by atoms with van der Waals surface area (Å²) in [6.07, 6.45) is 16.3. The second kappa shape index (κ2) is 12.9. The van der Waals surface area contributed by atoms with E-state index in [0.29, 0.717) is 47.6 Å². The summed E-state index contributed by atoms with van der Waals surface area (Å²) < 4.78 is 6.49. The van der Waals surface area contributed by atoms with Gasteiger partial charge in [-0.05, 0) is 117 Å². The summed E-state index contributed by atoms with van der Waals surface area (Å²) in [5.41, 5.74) is 1.67. The molecule has 4 aliphatic carbocycles. The lowest BCUT2D eigenvalue weighted by molar-refractivity contribution is -0.145. The largest absolute Gasteiger partial charge is 0.494 e. The summed E-state index contributed by atoms with van der Waals surface area (Å²) >= 11 is 0. The molecule has 0 heterocycles. The molecule has 0 aromatic heterocycles. The van der Waals surface area contributed by atoms with Gasteiger partial charge >= 0.3 is 0 Å². The molecule has 0 spiro atoms. The Morgan fingerprint density at radius 1 is 1.05 bits per heavy atom. The Kier molecular flexibility index (Phi) is 9.67. The van der Waals surface area contributed by atoms with E-state index < -0.39 is 0 Å². The first kappa shape index (κ1) is 30.1. The lowest BCUT2D eigenvalue weighted by Crippen LogP contribution is -2.55. The normalized spacial score (nSPS) is 36.1. The minimum atomic E-state index is -0.200. The molecular formula is C36H57NO3. The zero-order chi connectivity index (χ0) is 28.3. The highest BCUT2D eigenvalue weighted by molar-refractivity contribution is 5.79. The van der Waals surface area contributed by atoms with Crippen LogP contribution in [0.5, 0.6) is 5.75 Å². The maximum Gasteiger partial charge on any atom is 0.133 e. The molecule has 6 unspecified atom stereocenters. The molecule has 0 saturated heterocycles. The molecule has 4 heteroatoms. The van der Waals surface area contributed by atoms with E-state index >= 15 is 0 Å². The van der Waals surface area contributed by atoms with Gasteiger partial charge in [-0.1, -0.05) is 52.7 Å². The van der Waals surface area contributed by atoms with Crippen LogP contribution in [0.4, 0.5) is 0 Å². The van der Waals surface area contributed by atoms with Crippen LogP contribution in [0.25, 0.3) is 0 Å². The number of aliphatic hydroxyl groups is 1. The van der Waals surface area contributed by atoms with Gasteiger partial charge in [0.1, 0.15) is 11.5 Å². The number of nitrogens with one attached hydrogen (secondary N) is 1. The van der Waals surface area contributed by atoms with Crippen molar-refractivity contribution < 1.29 is 14.6 Å².